The molecular weight excluding hydrogens is 407 g/mol. The summed E-state index contributed by atoms with van der Waals surface area (Å²) < 4.78 is 13.5. The van der Waals surface area contributed by atoms with Gasteiger partial charge < -0.3 is 15.7 Å². The summed E-state index contributed by atoms with van der Waals surface area (Å²) in [5, 5.41) is 15.6. The van der Waals surface area contributed by atoms with E-state index in [2.05, 4.69) is 32.7 Å². The number of carbonyl (C=O) groups is 1. The molecule has 7 heteroatoms. The number of aliphatic hydroxyl groups excluding tert-OH is 1. The molecule has 2 aromatic carbocycles. The van der Waals surface area contributed by atoms with Crippen molar-refractivity contribution in [3.63, 3.8) is 0 Å². The van der Waals surface area contributed by atoms with Crippen LogP contribution in [0, 0.1) is 5.82 Å². The van der Waals surface area contributed by atoms with Crippen molar-refractivity contribution in [3.8, 4) is 0 Å². The van der Waals surface area contributed by atoms with Crippen LogP contribution >= 0.6 is 0 Å². The van der Waals surface area contributed by atoms with E-state index in [0.29, 0.717) is 23.6 Å². The first-order valence-electron chi connectivity index (χ1n) is 10.8. The molecule has 0 radical (unpaired) electrons. The summed E-state index contributed by atoms with van der Waals surface area (Å²) in [6.07, 6.45) is 3.07. The molecule has 0 unspecified atom stereocenters. The van der Waals surface area contributed by atoms with Gasteiger partial charge in [-0.25, -0.2) is 9.37 Å². The minimum atomic E-state index is -0.363. The lowest BCUT2D eigenvalue weighted by Gasteiger charge is -2.29. The van der Waals surface area contributed by atoms with Crippen molar-refractivity contribution >= 4 is 17.4 Å². The number of nitrogens with one attached hydrogen (secondary N) is 2. The van der Waals surface area contributed by atoms with Gasteiger partial charge in [-0.3, -0.25) is 9.69 Å². The summed E-state index contributed by atoms with van der Waals surface area (Å²) >= 11 is 0. The first-order chi connectivity index (χ1) is 15.6. The van der Waals surface area contributed by atoms with Crippen LogP contribution in [0.15, 0.2) is 66.9 Å². The number of likely N-dealkylation sites (tertiary alicyclic amines) is 1. The molecule has 1 aliphatic rings. The summed E-state index contributed by atoms with van der Waals surface area (Å²) in [5.41, 5.74) is 3.13. The first-order valence-corrected chi connectivity index (χ1v) is 10.8. The number of hydrogen-bond donors (Lipinski definition) is 3. The number of piperidine rings is 1. The van der Waals surface area contributed by atoms with Crippen LogP contribution in [0.5, 0.6) is 0 Å². The third kappa shape index (κ3) is 5.90. The van der Waals surface area contributed by atoms with Gasteiger partial charge in [0.15, 0.2) is 0 Å². The molecule has 3 N–H and O–H groups in total. The second-order valence-corrected chi connectivity index (χ2v) is 8.04. The number of benzene rings is 2. The molecule has 1 amide bonds. The predicted octanol–water partition coefficient (Wildman–Crippen LogP) is 3.85. The topological polar surface area (TPSA) is 77.5 Å². The maximum atomic E-state index is 13.5. The molecular formula is C25H27FN4O2. The van der Waals surface area contributed by atoms with Crippen molar-refractivity contribution < 1.29 is 14.3 Å². The van der Waals surface area contributed by atoms with Gasteiger partial charge >= 0.3 is 0 Å². The Morgan fingerprint density at radius 3 is 2.56 bits per heavy atom. The van der Waals surface area contributed by atoms with E-state index >= 15 is 0 Å². The summed E-state index contributed by atoms with van der Waals surface area (Å²) in [4.78, 5) is 19.3. The summed E-state index contributed by atoms with van der Waals surface area (Å²) in [7, 11) is 0. The van der Waals surface area contributed by atoms with Crippen LogP contribution in [0.1, 0.15) is 34.3 Å². The standard InChI is InChI=1S/C25H27FN4O2/c26-20-3-1-4-21(15-20)29-24-23(5-2-12-27-24)25(32)28-16-18-6-8-19(9-7-18)17-30-13-10-22(31)11-14-30/h1-9,12,15,22,31H,10-11,13-14,16-17H2,(H,27,29)(H,28,32). The molecule has 0 saturated carbocycles. The SMILES string of the molecule is O=C(NCc1ccc(CN2CCC(O)CC2)cc1)c1cccnc1Nc1cccc(F)c1. The van der Waals surface area contributed by atoms with Crippen molar-refractivity contribution in [2.24, 2.45) is 0 Å². The van der Waals surface area contributed by atoms with E-state index < -0.39 is 0 Å². The van der Waals surface area contributed by atoms with Crippen LogP contribution in [-0.2, 0) is 13.1 Å². The van der Waals surface area contributed by atoms with Crippen LogP contribution in [0.25, 0.3) is 0 Å². The number of halogens is 1. The minimum absolute atomic E-state index is 0.165. The van der Waals surface area contributed by atoms with Crippen molar-refractivity contribution in [2.75, 3.05) is 18.4 Å². The van der Waals surface area contributed by atoms with Gasteiger partial charge in [-0.2, -0.15) is 0 Å². The maximum absolute atomic E-state index is 13.5. The lowest BCUT2D eigenvalue weighted by atomic mass is 10.1. The fourth-order valence-electron chi connectivity index (χ4n) is 3.77. The second-order valence-electron chi connectivity index (χ2n) is 8.04. The van der Waals surface area contributed by atoms with Gasteiger partial charge in [0.25, 0.3) is 5.91 Å². The Kier molecular flexibility index (Phi) is 7.09. The second kappa shape index (κ2) is 10.3. The van der Waals surface area contributed by atoms with Gasteiger partial charge in [0, 0.05) is 38.1 Å². The molecule has 3 aromatic rings. The number of aliphatic hydroxyl groups is 1. The lowest BCUT2D eigenvalue weighted by molar-refractivity contribution is 0.0792. The van der Waals surface area contributed by atoms with E-state index in [9.17, 15) is 14.3 Å². The van der Waals surface area contributed by atoms with Gasteiger partial charge in [-0.15, -0.1) is 0 Å². The average molecular weight is 435 g/mol. The van der Waals surface area contributed by atoms with Gasteiger partial charge in [-0.05, 0) is 54.3 Å². The zero-order valence-electron chi connectivity index (χ0n) is 17.8. The molecule has 0 bridgehead atoms. The molecule has 1 aliphatic heterocycles. The van der Waals surface area contributed by atoms with E-state index in [1.54, 1.807) is 30.5 Å². The summed E-state index contributed by atoms with van der Waals surface area (Å²) in [5.74, 6) is -0.246. The Morgan fingerprint density at radius 1 is 1.06 bits per heavy atom. The quantitative estimate of drug-likeness (QED) is 0.527. The molecule has 2 heterocycles. The van der Waals surface area contributed by atoms with Crippen molar-refractivity contribution in [1.82, 2.24) is 15.2 Å². The Morgan fingerprint density at radius 2 is 1.81 bits per heavy atom. The molecule has 166 valence electrons. The number of nitrogens with zero attached hydrogens (tertiary/aromatic N) is 2. The van der Waals surface area contributed by atoms with Crippen molar-refractivity contribution in [3.05, 3.63) is 89.4 Å². The molecule has 1 aromatic heterocycles. The van der Waals surface area contributed by atoms with E-state index in [1.807, 2.05) is 12.1 Å². The Labute approximate surface area is 187 Å². The van der Waals surface area contributed by atoms with Crippen molar-refractivity contribution in [1.29, 1.82) is 0 Å². The van der Waals surface area contributed by atoms with Crippen LogP contribution in [0.4, 0.5) is 15.9 Å². The smallest absolute Gasteiger partial charge is 0.255 e. The van der Waals surface area contributed by atoms with Crippen LogP contribution in [0.2, 0.25) is 0 Å². The number of hydrogen-bond acceptors (Lipinski definition) is 5. The summed E-state index contributed by atoms with van der Waals surface area (Å²) in [6, 6.07) is 17.6. The normalized spacial score (nSPS) is 14.8. The Hall–Kier alpha value is -3.29. The van der Waals surface area contributed by atoms with E-state index in [1.165, 1.54) is 17.7 Å². The summed E-state index contributed by atoms with van der Waals surface area (Å²) in [6.45, 7) is 3.08. The van der Waals surface area contributed by atoms with Crippen LogP contribution in [-0.4, -0.2) is 40.1 Å². The highest BCUT2D eigenvalue weighted by molar-refractivity contribution is 5.99. The molecule has 4 rings (SSSR count). The van der Waals surface area contributed by atoms with Crippen LogP contribution < -0.4 is 10.6 Å². The van der Waals surface area contributed by atoms with Crippen molar-refractivity contribution in [2.45, 2.75) is 32.0 Å². The fraction of sp³-hybridized carbons (Fsp3) is 0.280. The maximum Gasteiger partial charge on any atom is 0.255 e. The highest BCUT2D eigenvalue weighted by Crippen LogP contribution is 2.19. The zero-order valence-corrected chi connectivity index (χ0v) is 17.8. The number of rotatable bonds is 7. The third-order valence-corrected chi connectivity index (χ3v) is 5.58. The van der Waals surface area contributed by atoms with Gasteiger partial charge in [0.1, 0.15) is 11.6 Å². The molecule has 0 aliphatic carbocycles. The molecule has 1 fully saturated rings. The molecule has 6 nitrogen and oxygen atoms in total. The van der Waals surface area contributed by atoms with E-state index in [-0.39, 0.29) is 17.8 Å². The highest BCUT2D eigenvalue weighted by Gasteiger charge is 2.17. The van der Waals surface area contributed by atoms with Gasteiger partial charge in [0.05, 0.1) is 11.7 Å². The minimum Gasteiger partial charge on any atom is -0.393 e. The third-order valence-electron chi connectivity index (χ3n) is 5.58. The molecule has 0 atom stereocenters. The predicted molar refractivity (Wildman–Crippen MR) is 122 cm³/mol. The lowest BCUT2D eigenvalue weighted by Crippen LogP contribution is -2.35. The zero-order chi connectivity index (χ0) is 22.3. The number of anilines is 2. The molecule has 32 heavy (non-hydrogen) atoms. The Balaban J connectivity index is 1.34. The Bertz CT molecular complexity index is 1050. The molecule has 1 saturated heterocycles. The van der Waals surface area contributed by atoms with E-state index in [4.69, 9.17) is 0 Å². The molecule has 0 spiro atoms. The van der Waals surface area contributed by atoms with Gasteiger partial charge in [-0.1, -0.05) is 30.3 Å². The number of carbonyl (C=O) groups excluding carboxylic acids is 1. The highest BCUT2D eigenvalue weighted by atomic mass is 19.1. The van der Waals surface area contributed by atoms with E-state index in [0.717, 1.165) is 38.0 Å². The van der Waals surface area contributed by atoms with Gasteiger partial charge in [0.2, 0.25) is 0 Å². The first kappa shape index (κ1) is 21.9. The number of amides is 1. The number of pyridine rings is 1. The average Bonchev–Trinajstić information content (AvgIpc) is 2.80. The monoisotopic (exact) mass is 434 g/mol. The largest absolute Gasteiger partial charge is 0.393 e. The number of aromatic nitrogens is 1. The fourth-order valence-corrected chi connectivity index (χ4v) is 3.77. The van der Waals surface area contributed by atoms with Crippen LogP contribution in [0.3, 0.4) is 0 Å².